The van der Waals surface area contributed by atoms with E-state index in [4.69, 9.17) is 16.3 Å². The Morgan fingerprint density at radius 2 is 1.29 bits per heavy atom. The molecule has 0 aromatic heterocycles. The molecule has 0 radical (unpaired) electrons. The Kier molecular flexibility index (Phi) is 4.70. The molecule has 0 spiro atoms. The molecule has 0 N–H and O–H groups in total. The van der Waals surface area contributed by atoms with Crippen molar-refractivity contribution in [3.05, 3.63) is 99.6 Å². The smallest absolute Gasteiger partial charge is 0.339 e. The van der Waals surface area contributed by atoms with Gasteiger partial charge in [-0.25, -0.2) is 9.69 Å². The maximum atomic E-state index is 14.0. The Hall–Kier alpha value is -2.48. The molecule has 1 aliphatic heterocycles. The first-order chi connectivity index (χ1) is 16.3. The monoisotopic (exact) mass is 599 g/mol. The van der Waals surface area contributed by atoms with Gasteiger partial charge < -0.3 is 4.74 Å². The predicted octanol–water partition coefficient (Wildman–Crippen LogP) is 5.54. The van der Waals surface area contributed by atoms with Gasteiger partial charge in [0.2, 0.25) is 11.8 Å². The van der Waals surface area contributed by atoms with E-state index in [1.54, 1.807) is 6.07 Å². The van der Waals surface area contributed by atoms with Crippen LogP contribution < -0.4 is 4.90 Å². The number of alkyl halides is 2. The summed E-state index contributed by atoms with van der Waals surface area (Å²) < 4.78 is 3.07. The number of hydrogen-bond acceptors (Lipinski definition) is 4. The molecular weight excluding hydrogens is 586 g/mol. The molecule has 0 saturated carbocycles. The van der Waals surface area contributed by atoms with Crippen LogP contribution in [0.4, 0.5) is 5.69 Å². The highest BCUT2D eigenvalue weighted by Gasteiger charge is 2.72. The van der Waals surface area contributed by atoms with Crippen LogP contribution >= 0.6 is 43.5 Å². The van der Waals surface area contributed by atoms with Crippen LogP contribution in [-0.2, 0) is 23.0 Å². The topological polar surface area (TPSA) is 63.7 Å². The van der Waals surface area contributed by atoms with Gasteiger partial charge in [-0.1, -0.05) is 92.0 Å². The summed E-state index contributed by atoms with van der Waals surface area (Å²) in [5.41, 5.74) is 4.22. The summed E-state index contributed by atoms with van der Waals surface area (Å²) in [4.78, 5) is 41.5. The van der Waals surface area contributed by atoms with Gasteiger partial charge in [0.05, 0.1) is 43.9 Å². The van der Waals surface area contributed by atoms with Gasteiger partial charge >= 0.3 is 5.97 Å². The van der Waals surface area contributed by atoms with E-state index in [9.17, 15) is 14.4 Å². The lowest BCUT2D eigenvalue weighted by atomic mass is 9.54. The third-order valence-electron chi connectivity index (χ3n) is 7.20. The molecular formula is C26H16Br2ClNO4. The molecule has 1 heterocycles. The first kappa shape index (κ1) is 22.0. The minimum Gasteiger partial charge on any atom is -0.465 e. The van der Waals surface area contributed by atoms with Gasteiger partial charge in [-0.05, 0) is 40.5 Å². The summed E-state index contributed by atoms with van der Waals surface area (Å²) in [6.45, 7) is 0. The zero-order valence-electron chi connectivity index (χ0n) is 17.7. The van der Waals surface area contributed by atoms with E-state index < -0.39 is 26.5 Å². The Bertz CT molecular complexity index is 1320. The molecule has 170 valence electrons. The van der Waals surface area contributed by atoms with Gasteiger partial charge in [-0.3, -0.25) is 9.59 Å². The molecule has 1 fully saturated rings. The SMILES string of the molecule is COC(=O)c1cc(N2C(=O)[C@H]3[C@H](C2=O)C2(Br)c4ccccc4C3(Br)c3ccccc32)ccc1Cl. The summed E-state index contributed by atoms with van der Waals surface area (Å²) in [6, 6.07) is 20.3. The number of esters is 1. The molecule has 5 nitrogen and oxygen atoms in total. The van der Waals surface area contributed by atoms with Crippen LogP contribution in [-0.4, -0.2) is 24.9 Å². The van der Waals surface area contributed by atoms with Crippen LogP contribution in [0, 0.1) is 11.8 Å². The summed E-state index contributed by atoms with van der Waals surface area (Å²) in [5.74, 6) is -2.70. The molecule has 8 heteroatoms. The first-order valence-corrected chi connectivity index (χ1v) is 12.6. The molecule has 3 aliphatic carbocycles. The fourth-order valence-electron chi connectivity index (χ4n) is 5.84. The average molecular weight is 602 g/mol. The maximum Gasteiger partial charge on any atom is 0.339 e. The highest BCUT2D eigenvalue weighted by molar-refractivity contribution is 9.10. The first-order valence-electron chi connectivity index (χ1n) is 10.6. The molecule has 3 aromatic carbocycles. The Labute approximate surface area is 217 Å². The normalized spacial score (nSPS) is 28.4. The largest absolute Gasteiger partial charge is 0.465 e. The van der Waals surface area contributed by atoms with Gasteiger partial charge in [0, 0.05) is 0 Å². The van der Waals surface area contributed by atoms with Crippen LogP contribution in [0.2, 0.25) is 5.02 Å². The summed E-state index contributed by atoms with van der Waals surface area (Å²) in [6.07, 6.45) is 0. The maximum absolute atomic E-state index is 14.0. The van der Waals surface area contributed by atoms with Crippen molar-refractivity contribution >= 4 is 66.9 Å². The molecule has 2 atom stereocenters. The van der Waals surface area contributed by atoms with Crippen molar-refractivity contribution in [1.82, 2.24) is 0 Å². The molecule has 7 rings (SSSR count). The number of benzene rings is 3. The van der Waals surface area contributed by atoms with Crippen molar-refractivity contribution < 1.29 is 19.1 Å². The summed E-state index contributed by atoms with van der Waals surface area (Å²) in [7, 11) is 1.25. The number of imide groups is 1. The Balaban J connectivity index is 1.59. The standard InChI is InChI=1S/C26H16Br2ClNO4/c1-34-24(33)14-12-13(10-11-19(14)29)30-22(31)20-21(23(30)32)26(28)16-7-3-2-6-15(16)25(20,27)17-8-4-5-9-18(17)26/h2-12,20-21H,1H3/t20-,21-,25?,26?/m1/s1. The number of rotatable bonds is 2. The number of hydrogen-bond donors (Lipinski definition) is 0. The van der Waals surface area contributed by atoms with E-state index in [1.165, 1.54) is 24.1 Å². The number of ether oxygens (including phenoxy) is 1. The van der Waals surface area contributed by atoms with Gasteiger partial charge in [0.25, 0.3) is 0 Å². The molecule has 1 saturated heterocycles. The lowest BCUT2D eigenvalue weighted by Crippen LogP contribution is -2.56. The lowest BCUT2D eigenvalue weighted by molar-refractivity contribution is -0.122. The van der Waals surface area contributed by atoms with Crippen LogP contribution in [0.15, 0.2) is 66.7 Å². The number of carbonyl (C=O) groups excluding carboxylic acids is 3. The van der Waals surface area contributed by atoms with E-state index in [0.29, 0.717) is 0 Å². The molecule has 0 unspecified atom stereocenters. The van der Waals surface area contributed by atoms with Gasteiger partial charge in [0.15, 0.2) is 0 Å². The van der Waals surface area contributed by atoms with E-state index in [1.807, 2.05) is 48.5 Å². The van der Waals surface area contributed by atoms with Crippen LogP contribution in [0.3, 0.4) is 0 Å². The third kappa shape index (κ3) is 2.47. The Morgan fingerprint density at radius 1 is 0.853 bits per heavy atom. The average Bonchev–Trinajstić information content (AvgIpc) is 3.13. The number of halogens is 3. The third-order valence-corrected chi connectivity index (χ3v) is 10.2. The highest BCUT2D eigenvalue weighted by atomic mass is 79.9. The van der Waals surface area contributed by atoms with Crippen LogP contribution in [0.25, 0.3) is 0 Å². The molecule has 4 aliphatic rings. The second-order valence-electron chi connectivity index (χ2n) is 8.64. The van der Waals surface area contributed by atoms with E-state index in [0.717, 1.165) is 22.3 Å². The minimum absolute atomic E-state index is 0.0915. The number of anilines is 1. The minimum atomic E-state index is -0.876. The van der Waals surface area contributed by atoms with Gasteiger partial charge in [0.1, 0.15) is 0 Å². The fraction of sp³-hybridized carbons (Fsp3) is 0.192. The van der Waals surface area contributed by atoms with E-state index >= 15 is 0 Å². The van der Waals surface area contributed by atoms with Crippen molar-refractivity contribution in [2.45, 2.75) is 8.65 Å². The van der Waals surface area contributed by atoms with Crippen LogP contribution in [0.1, 0.15) is 32.6 Å². The number of carbonyl (C=O) groups is 3. The molecule has 3 aromatic rings. The molecule has 34 heavy (non-hydrogen) atoms. The number of amides is 2. The zero-order chi connectivity index (χ0) is 24.0. The van der Waals surface area contributed by atoms with Gasteiger partial charge in [-0.15, -0.1) is 0 Å². The van der Waals surface area contributed by atoms with Crippen molar-refractivity contribution in [1.29, 1.82) is 0 Å². The van der Waals surface area contributed by atoms with Crippen LogP contribution in [0.5, 0.6) is 0 Å². The predicted molar refractivity (Wildman–Crippen MR) is 135 cm³/mol. The number of nitrogens with zero attached hydrogens (tertiary/aromatic N) is 1. The molecule has 2 amide bonds. The highest BCUT2D eigenvalue weighted by Crippen LogP contribution is 2.70. The quantitative estimate of drug-likeness (QED) is 0.220. The van der Waals surface area contributed by atoms with Gasteiger partial charge in [-0.2, -0.15) is 0 Å². The second-order valence-corrected chi connectivity index (χ2v) is 11.5. The van der Waals surface area contributed by atoms with E-state index in [2.05, 4.69) is 31.9 Å². The van der Waals surface area contributed by atoms with E-state index in [-0.39, 0.29) is 28.1 Å². The fourth-order valence-corrected chi connectivity index (χ4v) is 8.34. The lowest BCUT2D eigenvalue weighted by Gasteiger charge is -2.55. The number of methoxy groups -OCH3 is 1. The van der Waals surface area contributed by atoms with Crippen molar-refractivity contribution in [2.75, 3.05) is 12.0 Å². The summed E-state index contributed by atoms with van der Waals surface area (Å²) >= 11 is 14.1. The zero-order valence-corrected chi connectivity index (χ0v) is 21.6. The summed E-state index contributed by atoms with van der Waals surface area (Å²) in [5, 5.41) is 0.181. The van der Waals surface area contributed by atoms with Crippen molar-refractivity contribution in [3.8, 4) is 0 Å². The molecule has 2 bridgehead atoms. The Morgan fingerprint density at radius 3 is 1.71 bits per heavy atom. The second kappa shape index (κ2) is 7.26. The van der Waals surface area contributed by atoms with Crippen molar-refractivity contribution in [3.63, 3.8) is 0 Å². The van der Waals surface area contributed by atoms with Crippen molar-refractivity contribution in [2.24, 2.45) is 11.8 Å².